The van der Waals surface area contributed by atoms with E-state index >= 15 is 0 Å². The van der Waals surface area contributed by atoms with Gasteiger partial charge in [0.15, 0.2) is 0 Å². The first-order valence-electron chi connectivity index (χ1n) is 9.01. The van der Waals surface area contributed by atoms with Crippen molar-refractivity contribution in [2.45, 2.75) is 45.4 Å². The van der Waals surface area contributed by atoms with E-state index in [1.807, 2.05) is 18.7 Å². The van der Waals surface area contributed by atoms with Gasteiger partial charge in [-0.3, -0.25) is 4.79 Å². The first-order chi connectivity index (χ1) is 12.5. The van der Waals surface area contributed by atoms with Crippen molar-refractivity contribution in [1.82, 2.24) is 14.5 Å². The van der Waals surface area contributed by atoms with Crippen LogP contribution in [0.2, 0.25) is 0 Å². The van der Waals surface area contributed by atoms with E-state index in [1.54, 1.807) is 0 Å². The molecule has 2 aromatic rings. The van der Waals surface area contributed by atoms with Gasteiger partial charge in [-0.15, -0.1) is 5.10 Å². The SMILES string of the molecule is CC(C)c1nnsc1C(=O)N1CCC[C@@H](CCc2c(F)cccc2F)C1. The molecule has 0 spiro atoms. The zero-order valence-electron chi connectivity index (χ0n) is 15.0. The molecule has 26 heavy (non-hydrogen) atoms. The quantitative estimate of drug-likeness (QED) is 0.772. The van der Waals surface area contributed by atoms with Crippen molar-refractivity contribution in [3.8, 4) is 0 Å². The molecule has 2 heterocycles. The number of likely N-dealkylation sites (tertiary alicyclic amines) is 1. The van der Waals surface area contributed by atoms with Crippen LogP contribution >= 0.6 is 11.5 Å². The molecule has 0 radical (unpaired) electrons. The molecular formula is C19H23F2N3OS. The summed E-state index contributed by atoms with van der Waals surface area (Å²) in [5.41, 5.74) is 0.889. The number of halogens is 2. The summed E-state index contributed by atoms with van der Waals surface area (Å²) in [6.07, 6.45) is 2.89. The third-order valence-corrected chi connectivity index (χ3v) is 5.65. The van der Waals surface area contributed by atoms with Crippen molar-refractivity contribution < 1.29 is 13.6 Å². The number of piperidine rings is 1. The van der Waals surface area contributed by atoms with Crippen LogP contribution < -0.4 is 0 Å². The topological polar surface area (TPSA) is 46.1 Å². The van der Waals surface area contributed by atoms with Crippen molar-refractivity contribution >= 4 is 17.4 Å². The highest BCUT2D eigenvalue weighted by atomic mass is 32.1. The van der Waals surface area contributed by atoms with Gasteiger partial charge in [0.2, 0.25) is 0 Å². The summed E-state index contributed by atoms with van der Waals surface area (Å²) in [6, 6.07) is 3.96. The van der Waals surface area contributed by atoms with Crippen molar-refractivity contribution in [3.63, 3.8) is 0 Å². The number of nitrogens with zero attached hydrogens (tertiary/aromatic N) is 3. The van der Waals surface area contributed by atoms with Crippen LogP contribution in [0.5, 0.6) is 0 Å². The minimum absolute atomic E-state index is 0.0227. The molecule has 0 saturated carbocycles. The molecule has 1 aromatic carbocycles. The lowest BCUT2D eigenvalue weighted by Crippen LogP contribution is -2.40. The molecular weight excluding hydrogens is 356 g/mol. The lowest BCUT2D eigenvalue weighted by Gasteiger charge is -2.32. The summed E-state index contributed by atoms with van der Waals surface area (Å²) in [5, 5.41) is 4.08. The van der Waals surface area contributed by atoms with Crippen molar-refractivity contribution in [2.75, 3.05) is 13.1 Å². The van der Waals surface area contributed by atoms with Gasteiger partial charge < -0.3 is 4.90 Å². The van der Waals surface area contributed by atoms with Gasteiger partial charge in [-0.2, -0.15) is 0 Å². The highest BCUT2D eigenvalue weighted by Gasteiger charge is 2.28. The predicted molar refractivity (Wildman–Crippen MR) is 97.3 cm³/mol. The fourth-order valence-electron chi connectivity index (χ4n) is 3.47. The second-order valence-corrected chi connectivity index (χ2v) is 7.89. The van der Waals surface area contributed by atoms with Crippen LogP contribution in [0.15, 0.2) is 18.2 Å². The predicted octanol–water partition coefficient (Wildman–Crippen LogP) is 4.42. The average molecular weight is 379 g/mol. The van der Waals surface area contributed by atoms with E-state index in [2.05, 4.69) is 9.59 Å². The Labute approximate surface area is 156 Å². The minimum Gasteiger partial charge on any atom is -0.338 e. The van der Waals surface area contributed by atoms with Gasteiger partial charge in [-0.25, -0.2) is 8.78 Å². The summed E-state index contributed by atoms with van der Waals surface area (Å²) in [6.45, 7) is 5.31. The molecule has 140 valence electrons. The highest BCUT2D eigenvalue weighted by Crippen LogP contribution is 2.27. The summed E-state index contributed by atoms with van der Waals surface area (Å²) < 4.78 is 31.5. The third-order valence-electron chi connectivity index (χ3n) is 4.92. The monoisotopic (exact) mass is 379 g/mol. The van der Waals surface area contributed by atoms with Crippen molar-refractivity contribution in [3.05, 3.63) is 46.0 Å². The lowest BCUT2D eigenvalue weighted by molar-refractivity contribution is 0.0671. The number of aromatic nitrogens is 2. The summed E-state index contributed by atoms with van der Waals surface area (Å²) in [4.78, 5) is 15.3. The largest absolute Gasteiger partial charge is 0.338 e. The normalized spacial score (nSPS) is 17.7. The minimum atomic E-state index is -0.494. The summed E-state index contributed by atoms with van der Waals surface area (Å²) in [7, 11) is 0. The molecule has 7 heteroatoms. The second-order valence-electron chi connectivity index (χ2n) is 7.14. The summed E-state index contributed by atoms with van der Waals surface area (Å²) in [5.74, 6) is -0.616. The van der Waals surface area contributed by atoms with Crippen LogP contribution in [-0.4, -0.2) is 33.5 Å². The van der Waals surface area contributed by atoms with E-state index in [-0.39, 0.29) is 23.3 Å². The maximum Gasteiger partial charge on any atom is 0.267 e. The van der Waals surface area contributed by atoms with Gasteiger partial charge >= 0.3 is 0 Å². The molecule has 0 unspecified atom stereocenters. The molecule has 0 bridgehead atoms. The molecule has 1 amide bonds. The lowest BCUT2D eigenvalue weighted by atomic mass is 9.91. The molecule has 0 aliphatic carbocycles. The fraction of sp³-hybridized carbons (Fsp3) is 0.526. The Kier molecular flexibility index (Phi) is 5.96. The molecule has 4 nitrogen and oxygen atoms in total. The summed E-state index contributed by atoms with van der Waals surface area (Å²) >= 11 is 1.14. The van der Waals surface area contributed by atoms with Crippen molar-refractivity contribution in [2.24, 2.45) is 5.92 Å². The van der Waals surface area contributed by atoms with Gasteiger partial charge in [-0.1, -0.05) is 24.4 Å². The third kappa shape index (κ3) is 4.09. The highest BCUT2D eigenvalue weighted by molar-refractivity contribution is 7.08. The Morgan fingerprint density at radius 1 is 1.35 bits per heavy atom. The van der Waals surface area contributed by atoms with Gasteiger partial charge in [0.05, 0.1) is 5.69 Å². The molecule has 1 aliphatic rings. The standard InChI is InChI=1S/C19H23F2N3OS/c1-12(2)17-18(26-23-22-17)19(25)24-10-4-5-13(11-24)8-9-14-15(20)6-3-7-16(14)21/h3,6-7,12-13H,4-5,8-11H2,1-2H3/t13-/m0/s1. The Morgan fingerprint density at radius 3 is 2.77 bits per heavy atom. The van der Waals surface area contributed by atoms with E-state index in [4.69, 9.17) is 0 Å². The van der Waals surface area contributed by atoms with Crippen molar-refractivity contribution in [1.29, 1.82) is 0 Å². The first-order valence-corrected chi connectivity index (χ1v) is 9.79. The molecule has 1 aliphatic heterocycles. The van der Waals surface area contributed by atoms with E-state index < -0.39 is 11.6 Å². The Bertz CT molecular complexity index is 758. The van der Waals surface area contributed by atoms with E-state index in [0.717, 1.165) is 30.1 Å². The Morgan fingerprint density at radius 2 is 2.08 bits per heavy atom. The Balaban J connectivity index is 1.64. The zero-order chi connectivity index (χ0) is 18.7. The van der Waals surface area contributed by atoms with Crippen LogP contribution in [0.4, 0.5) is 8.78 Å². The van der Waals surface area contributed by atoms with Crippen LogP contribution in [-0.2, 0) is 6.42 Å². The average Bonchev–Trinajstić information content (AvgIpc) is 3.11. The molecule has 1 fully saturated rings. The maximum atomic E-state index is 13.8. The molecule has 0 N–H and O–H groups in total. The fourth-order valence-corrected chi connectivity index (χ4v) is 4.26. The molecule has 1 aromatic heterocycles. The second kappa shape index (κ2) is 8.20. The number of amides is 1. The first kappa shape index (κ1) is 18.9. The van der Waals surface area contributed by atoms with E-state index in [9.17, 15) is 13.6 Å². The van der Waals surface area contributed by atoms with Gasteiger partial charge in [-0.05, 0) is 61.2 Å². The van der Waals surface area contributed by atoms with Gasteiger partial charge in [0, 0.05) is 18.7 Å². The molecule has 3 rings (SSSR count). The molecule has 1 saturated heterocycles. The van der Waals surface area contributed by atoms with E-state index in [1.165, 1.54) is 18.2 Å². The smallest absolute Gasteiger partial charge is 0.267 e. The van der Waals surface area contributed by atoms with Gasteiger partial charge in [0.1, 0.15) is 16.5 Å². The molecule has 1 atom stereocenters. The maximum absolute atomic E-state index is 13.8. The zero-order valence-corrected chi connectivity index (χ0v) is 15.9. The number of carbonyl (C=O) groups excluding carboxylic acids is 1. The Hall–Kier alpha value is -1.89. The van der Waals surface area contributed by atoms with Crippen LogP contribution in [0.1, 0.15) is 60.0 Å². The van der Waals surface area contributed by atoms with E-state index in [0.29, 0.717) is 30.8 Å². The van der Waals surface area contributed by atoms with Gasteiger partial charge in [0.25, 0.3) is 5.91 Å². The number of hydrogen-bond acceptors (Lipinski definition) is 4. The number of hydrogen-bond donors (Lipinski definition) is 0. The number of carbonyl (C=O) groups is 1. The number of benzene rings is 1. The van der Waals surface area contributed by atoms with Crippen LogP contribution in [0.3, 0.4) is 0 Å². The van der Waals surface area contributed by atoms with Crippen LogP contribution in [0, 0.1) is 17.6 Å². The van der Waals surface area contributed by atoms with Crippen LogP contribution in [0.25, 0.3) is 0 Å². The number of rotatable bonds is 5.